The molecular weight excluding hydrogens is 380 g/mol. The Morgan fingerprint density at radius 1 is 1.18 bits per heavy atom. The molecule has 0 spiro atoms. The fourth-order valence-electron chi connectivity index (χ4n) is 2.27. The van der Waals surface area contributed by atoms with Crippen LogP contribution < -0.4 is 5.32 Å². The molecule has 1 N–H and O–H groups in total. The predicted molar refractivity (Wildman–Crippen MR) is 103 cm³/mol. The molecule has 2 amide bonds. The zero-order valence-electron chi connectivity index (χ0n) is 15.5. The van der Waals surface area contributed by atoms with Gasteiger partial charge in [0.1, 0.15) is 5.76 Å². The number of amides is 2. The molecule has 3 rings (SSSR count). The third kappa shape index (κ3) is 5.46. The van der Waals surface area contributed by atoms with E-state index >= 15 is 0 Å². The molecule has 0 aliphatic carbocycles. The van der Waals surface area contributed by atoms with Gasteiger partial charge in [0.2, 0.25) is 17.7 Å². The first kappa shape index (κ1) is 19.7. The Balaban J connectivity index is 1.44. The van der Waals surface area contributed by atoms with Gasteiger partial charge in [-0.3, -0.25) is 9.59 Å². The van der Waals surface area contributed by atoms with Gasteiger partial charge >= 0.3 is 0 Å². The minimum absolute atomic E-state index is 0.0431. The molecule has 2 heterocycles. The average Bonchev–Trinajstić information content (AvgIpc) is 3.37. The van der Waals surface area contributed by atoms with Crippen LogP contribution in [0.5, 0.6) is 0 Å². The zero-order chi connectivity index (χ0) is 19.9. The van der Waals surface area contributed by atoms with Crippen molar-refractivity contribution in [1.29, 1.82) is 0 Å². The molecule has 2 aromatic heterocycles. The summed E-state index contributed by atoms with van der Waals surface area (Å²) >= 11 is 1.14. The summed E-state index contributed by atoms with van der Waals surface area (Å²) in [6.45, 7) is 2.24. The van der Waals surface area contributed by atoms with Crippen LogP contribution >= 0.6 is 11.8 Å². The molecule has 0 radical (unpaired) electrons. The number of nitrogens with one attached hydrogen (secondary N) is 1. The van der Waals surface area contributed by atoms with E-state index in [0.717, 1.165) is 22.9 Å². The van der Waals surface area contributed by atoms with Gasteiger partial charge < -0.3 is 19.1 Å². The van der Waals surface area contributed by atoms with Crippen LogP contribution in [0.4, 0.5) is 0 Å². The Hall–Kier alpha value is -3.07. The third-order valence-electron chi connectivity index (χ3n) is 3.87. The van der Waals surface area contributed by atoms with Crippen LogP contribution in [0.3, 0.4) is 0 Å². The highest BCUT2D eigenvalue weighted by atomic mass is 32.2. The second kappa shape index (κ2) is 9.23. The van der Waals surface area contributed by atoms with E-state index in [1.165, 1.54) is 11.2 Å². The van der Waals surface area contributed by atoms with E-state index in [0.29, 0.717) is 16.9 Å². The lowest BCUT2D eigenvalue weighted by Gasteiger charge is -2.15. The molecule has 0 saturated heterocycles. The molecule has 9 heteroatoms. The van der Waals surface area contributed by atoms with Crippen LogP contribution in [0, 0.1) is 6.92 Å². The Morgan fingerprint density at radius 2 is 1.96 bits per heavy atom. The first-order valence-corrected chi connectivity index (χ1v) is 9.56. The second-order valence-electron chi connectivity index (χ2n) is 6.13. The van der Waals surface area contributed by atoms with Gasteiger partial charge in [-0.15, -0.1) is 10.2 Å². The van der Waals surface area contributed by atoms with Gasteiger partial charge in [0.25, 0.3) is 5.22 Å². The first-order chi connectivity index (χ1) is 13.5. The Bertz CT molecular complexity index is 922. The van der Waals surface area contributed by atoms with Crippen molar-refractivity contribution in [1.82, 2.24) is 20.4 Å². The van der Waals surface area contributed by atoms with Crippen LogP contribution in [0.2, 0.25) is 0 Å². The second-order valence-corrected chi connectivity index (χ2v) is 7.06. The molecular formula is C19H20N4O4S. The van der Waals surface area contributed by atoms with Crippen molar-refractivity contribution < 1.29 is 18.4 Å². The predicted octanol–water partition coefficient (Wildman–Crippen LogP) is 2.50. The van der Waals surface area contributed by atoms with Crippen molar-refractivity contribution in [2.24, 2.45) is 0 Å². The molecule has 0 unspecified atom stereocenters. The summed E-state index contributed by atoms with van der Waals surface area (Å²) in [5, 5.41) is 11.0. The summed E-state index contributed by atoms with van der Waals surface area (Å²) < 4.78 is 10.7. The topological polar surface area (TPSA) is 101 Å². The molecule has 0 saturated carbocycles. The number of nitrogens with zero attached hydrogens (tertiary/aromatic N) is 3. The smallest absolute Gasteiger partial charge is 0.277 e. The van der Waals surface area contributed by atoms with Crippen LogP contribution in [0.15, 0.2) is 56.7 Å². The van der Waals surface area contributed by atoms with Crippen molar-refractivity contribution >= 4 is 23.6 Å². The van der Waals surface area contributed by atoms with Gasteiger partial charge in [-0.25, -0.2) is 0 Å². The molecule has 146 valence electrons. The molecule has 3 aromatic rings. The first-order valence-electron chi connectivity index (χ1n) is 8.57. The molecule has 0 bridgehead atoms. The minimum atomic E-state index is -0.267. The van der Waals surface area contributed by atoms with E-state index in [-0.39, 0.29) is 30.7 Å². The molecule has 0 atom stereocenters. The number of carbonyl (C=O) groups is 2. The summed E-state index contributed by atoms with van der Waals surface area (Å²) in [6.07, 6.45) is 1.54. The number of aromatic nitrogens is 2. The van der Waals surface area contributed by atoms with E-state index in [9.17, 15) is 9.59 Å². The number of carbonyl (C=O) groups excluding carboxylic acids is 2. The standard InChI is InChI=1S/C19H20N4O4S/c1-13-5-7-14(8-6-13)18-21-22-19(27-18)28-12-17(25)23(2)11-16(24)20-10-15-4-3-9-26-15/h3-9H,10-12H2,1-2H3,(H,20,24). The summed E-state index contributed by atoms with van der Waals surface area (Å²) in [6, 6.07) is 11.2. The SMILES string of the molecule is Cc1ccc(-c2nnc(SCC(=O)N(C)CC(=O)NCc3ccco3)o2)cc1. The van der Waals surface area contributed by atoms with Crippen molar-refractivity contribution in [3.63, 3.8) is 0 Å². The van der Waals surface area contributed by atoms with Gasteiger partial charge in [-0.05, 0) is 31.2 Å². The number of furan rings is 1. The molecule has 0 aliphatic heterocycles. The maximum absolute atomic E-state index is 12.2. The van der Waals surface area contributed by atoms with E-state index in [1.54, 1.807) is 19.2 Å². The summed E-state index contributed by atoms with van der Waals surface area (Å²) in [5.74, 6) is 0.668. The monoisotopic (exact) mass is 400 g/mol. The maximum Gasteiger partial charge on any atom is 0.277 e. The van der Waals surface area contributed by atoms with Gasteiger partial charge in [0.15, 0.2) is 0 Å². The van der Waals surface area contributed by atoms with Gasteiger partial charge in [0, 0.05) is 12.6 Å². The highest BCUT2D eigenvalue weighted by Crippen LogP contribution is 2.23. The van der Waals surface area contributed by atoms with E-state index in [4.69, 9.17) is 8.83 Å². The largest absolute Gasteiger partial charge is 0.467 e. The fourth-order valence-corrected chi connectivity index (χ4v) is 2.98. The van der Waals surface area contributed by atoms with Crippen molar-refractivity contribution in [2.45, 2.75) is 18.7 Å². The number of likely N-dealkylation sites (N-methyl/N-ethyl adjacent to an activating group) is 1. The molecule has 8 nitrogen and oxygen atoms in total. The number of rotatable bonds is 8. The fraction of sp³-hybridized carbons (Fsp3) is 0.263. The van der Waals surface area contributed by atoms with Crippen molar-refractivity contribution in [3.05, 3.63) is 54.0 Å². The quantitative estimate of drug-likeness (QED) is 0.580. The normalized spacial score (nSPS) is 10.6. The number of hydrogen-bond acceptors (Lipinski definition) is 7. The maximum atomic E-state index is 12.2. The minimum Gasteiger partial charge on any atom is -0.467 e. The van der Waals surface area contributed by atoms with Crippen LogP contribution in [-0.2, 0) is 16.1 Å². The summed E-state index contributed by atoms with van der Waals surface area (Å²) in [5.41, 5.74) is 1.96. The zero-order valence-corrected chi connectivity index (χ0v) is 16.4. The average molecular weight is 400 g/mol. The lowest BCUT2D eigenvalue weighted by atomic mass is 10.1. The number of benzene rings is 1. The molecule has 28 heavy (non-hydrogen) atoms. The summed E-state index contributed by atoms with van der Waals surface area (Å²) in [7, 11) is 1.57. The van der Waals surface area contributed by atoms with Crippen LogP contribution in [0.1, 0.15) is 11.3 Å². The Labute approximate surface area is 166 Å². The molecule has 0 fully saturated rings. The lowest BCUT2D eigenvalue weighted by molar-refractivity contribution is -0.132. The highest BCUT2D eigenvalue weighted by molar-refractivity contribution is 7.99. The number of aryl methyl sites for hydroxylation is 1. The van der Waals surface area contributed by atoms with Gasteiger partial charge in [-0.2, -0.15) is 0 Å². The van der Waals surface area contributed by atoms with E-state index < -0.39 is 0 Å². The van der Waals surface area contributed by atoms with Crippen molar-refractivity contribution in [3.8, 4) is 11.5 Å². The van der Waals surface area contributed by atoms with Crippen LogP contribution in [-0.4, -0.2) is 46.3 Å². The van der Waals surface area contributed by atoms with Crippen molar-refractivity contribution in [2.75, 3.05) is 19.3 Å². The lowest BCUT2D eigenvalue weighted by Crippen LogP contribution is -2.38. The Kier molecular flexibility index (Phi) is 6.49. The highest BCUT2D eigenvalue weighted by Gasteiger charge is 2.16. The van der Waals surface area contributed by atoms with E-state index in [1.807, 2.05) is 31.2 Å². The molecule has 1 aromatic carbocycles. The van der Waals surface area contributed by atoms with E-state index in [2.05, 4.69) is 15.5 Å². The van der Waals surface area contributed by atoms with Gasteiger partial charge in [0.05, 0.1) is 25.1 Å². The molecule has 0 aliphatic rings. The third-order valence-corrected chi connectivity index (χ3v) is 4.67. The van der Waals surface area contributed by atoms with Gasteiger partial charge in [-0.1, -0.05) is 29.5 Å². The van der Waals surface area contributed by atoms with Crippen LogP contribution in [0.25, 0.3) is 11.5 Å². The number of thioether (sulfide) groups is 1. The Morgan fingerprint density at radius 3 is 2.68 bits per heavy atom. The number of hydrogen-bond donors (Lipinski definition) is 1. The summed E-state index contributed by atoms with van der Waals surface area (Å²) in [4.78, 5) is 25.5.